The van der Waals surface area contributed by atoms with Crippen molar-refractivity contribution in [3.05, 3.63) is 84.2 Å². The number of thioether (sulfide) groups is 1. The molecule has 1 atom stereocenters. The number of nitrogens with one attached hydrogen (secondary N) is 1. The molecule has 11 heteroatoms. The normalized spacial score (nSPS) is 14.5. The largest absolute Gasteiger partial charge is 0.494 e. The van der Waals surface area contributed by atoms with Crippen LogP contribution < -0.4 is 14.4 Å². The highest BCUT2D eigenvalue weighted by Gasteiger charge is 2.33. The van der Waals surface area contributed by atoms with Crippen LogP contribution in [-0.2, 0) is 26.2 Å². The summed E-state index contributed by atoms with van der Waals surface area (Å²) in [6, 6.07) is 17.9. The first kappa shape index (κ1) is 33.3. The third kappa shape index (κ3) is 8.32. The van der Waals surface area contributed by atoms with Gasteiger partial charge in [-0.2, -0.15) is 0 Å². The Morgan fingerprint density at radius 2 is 1.66 bits per heavy atom. The van der Waals surface area contributed by atoms with E-state index in [1.807, 2.05) is 13.2 Å². The van der Waals surface area contributed by atoms with Crippen LogP contribution in [0.5, 0.6) is 5.75 Å². The molecule has 0 heterocycles. The summed E-state index contributed by atoms with van der Waals surface area (Å²) < 4.78 is 49.5. The van der Waals surface area contributed by atoms with E-state index in [-0.39, 0.29) is 34.6 Å². The summed E-state index contributed by atoms with van der Waals surface area (Å²) in [6.07, 6.45) is 6.77. The first-order chi connectivity index (χ1) is 21.1. The number of amides is 2. The third-order valence-electron chi connectivity index (χ3n) is 7.78. The van der Waals surface area contributed by atoms with Crippen molar-refractivity contribution in [2.45, 2.75) is 74.4 Å². The molecule has 1 saturated carbocycles. The molecule has 0 unspecified atom stereocenters. The molecule has 1 aliphatic rings. The molecule has 3 aromatic carbocycles. The smallest absolute Gasteiger partial charge is 0.264 e. The van der Waals surface area contributed by atoms with E-state index in [2.05, 4.69) is 5.32 Å². The van der Waals surface area contributed by atoms with E-state index >= 15 is 0 Å². The fourth-order valence-corrected chi connectivity index (χ4v) is 7.06. The van der Waals surface area contributed by atoms with Gasteiger partial charge in [-0.15, -0.1) is 11.8 Å². The van der Waals surface area contributed by atoms with E-state index in [1.54, 1.807) is 61.5 Å². The number of anilines is 1. The molecule has 0 radical (unpaired) electrons. The second kappa shape index (κ2) is 15.4. The molecule has 0 bridgehead atoms. The van der Waals surface area contributed by atoms with Crippen LogP contribution in [0, 0.1) is 5.82 Å². The number of halogens is 1. The van der Waals surface area contributed by atoms with Crippen LogP contribution in [0.2, 0.25) is 0 Å². The van der Waals surface area contributed by atoms with E-state index in [4.69, 9.17) is 4.74 Å². The first-order valence-electron chi connectivity index (χ1n) is 14.9. The zero-order valence-corrected chi connectivity index (χ0v) is 27.0. The second-order valence-corrected chi connectivity index (χ2v) is 13.5. The van der Waals surface area contributed by atoms with Crippen molar-refractivity contribution in [3.63, 3.8) is 0 Å². The van der Waals surface area contributed by atoms with Gasteiger partial charge in [0.25, 0.3) is 10.0 Å². The molecule has 0 saturated heterocycles. The van der Waals surface area contributed by atoms with Gasteiger partial charge in [0.05, 0.1) is 17.2 Å². The lowest BCUT2D eigenvalue weighted by Gasteiger charge is -2.33. The highest BCUT2D eigenvalue weighted by molar-refractivity contribution is 7.98. The van der Waals surface area contributed by atoms with Crippen molar-refractivity contribution in [1.29, 1.82) is 0 Å². The average Bonchev–Trinajstić information content (AvgIpc) is 3.04. The Kier molecular flexibility index (Phi) is 11.7. The lowest BCUT2D eigenvalue weighted by atomic mass is 9.95. The Bertz CT molecular complexity index is 1510. The lowest BCUT2D eigenvalue weighted by molar-refractivity contribution is -0.139. The summed E-state index contributed by atoms with van der Waals surface area (Å²) in [4.78, 5) is 29.7. The maximum atomic E-state index is 14.8. The van der Waals surface area contributed by atoms with Crippen molar-refractivity contribution < 1.29 is 27.1 Å². The minimum Gasteiger partial charge on any atom is -0.494 e. The number of carbonyl (C=O) groups excluding carboxylic acids is 2. The molecule has 1 aliphatic carbocycles. The van der Waals surface area contributed by atoms with Gasteiger partial charge >= 0.3 is 0 Å². The molecule has 1 N–H and O–H groups in total. The Balaban J connectivity index is 1.69. The number of nitrogens with zero attached hydrogens (tertiary/aromatic N) is 2. The maximum absolute atomic E-state index is 14.8. The molecule has 2 amide bonds. The van der Waals surface area contributed by atoms with Gasteiger partial charge in [0.15, 0.2) is 0 Å². The number of sulfonamides is 1. The van der Waals surface area contributed by atoms with Gasteiger partial charge < -0.3 is 15.0 Å². The Labute approximate surface area is 264 Å². The molecule has 1 fully saturated rings. The second-order valence-electron chi connectivity index (χ2n) is 10.7. The van der Waals surface area contributed by atoms with E-state index in [0.29, 0.717) is 12.4 Å². The number of ether oxygens (including phenoxy) is 1. The van der Waals surface area contributed by atoms with E-state index in [1.165, 1.54) is 34.9 Å². The topological polar surface area (TPSA) is 96.0 Å². The van der Waals surface area contributed by atoms with Gasteiger partial charge in [0.1, 0.15) is 24.2 Å². The molecular formula is C33H40FN3O5S2. The van der Waals surface area contributed by atoms with Crippen LogP contribution in [-0.4, -0.2) is 56.6 Å². The van der Waals surface area contributed by atoms with Crippen LogP contribution in [0.25, 0.3) is 0 Å². The highest BCUT2D eigenvalue weighted by atomic mass is 32.2. The number of rotatable bonds is 13. The van der Waals surface area contributed by atoms with Crippen molar-refractivity contribution in [1.82, 2.24) is 10.2 Å². The van der Waals surface area contributed by atoms with Crippen LogP contribution in [0.4, 0.5) is 10.1 Å². The molecule has 0 spiro atoms. The molecule has 8 nitrogen and oxygen atoms in total. The number of hydrogen-bond donors (Lipinski definition) is 1. The standard InChI is InChI=1S/C33H40FN3O5S2/c1-4-42-28-16-14-27(15-17-28)37(44(40,41)30-20-18-29(43-3)19-21-30)23-32(38)36(22-25-10-8-9-13-31(25)34)24(2)33(39)35-26-11-6-5-7-12-26/h8-10,13-21,24,26H,4-7,11-12,22-23H2,1-3H3,(H,35,39)/t24-/m1/s1. The van der Waals surface area contributed by atoms with E-state index in [9.17, 15) is 22.4 Å². The minimum absolute atomic E-state index is 0.00843. The van der Waals surface area contributed by atoms with Gasteiger partial charge in [-0.05, 0) is 87.5 Å². The predicted molar refractivity (Wildman–Crippen MR) is 172 cm³/mol. The number of carbonyl (C=O) groups is 2. The van der Waals surface area contributed by atoms with Crippen molar-refractivity contribution >= 4 is 39.3 Å². The van der Waals surface area contributed by atoms with Crippen LogP contribution in [0.15, 0.2) is 82.6 Å². The molecule has 0 aromatic heterocycles. The fraction of sp³-hybridized carbons (Fsp3) is 0.394. The summed E-state index contributed by atoms with van der Waals surface area (Å²) in [5, 5.41) is 3.05. The molecule has 44 heavy (non-hydrogen) atoms. The Morgan fingerprint density at radius 1 is 1.00 bits per heavy atom. The van der Waals surface area contributed by atoms with Crippen LogP contribution in [0.3, 0.4) is 0 Å². The third-order valence-corrected chi connectivity index (χ3v) is 10.3. The zero-order valence-electron chi connectivity index (χ0n) is 25.4. The molecular weight excluding hydrogens is 602 g/mol. The summed E-state index contributed by atoms with van der Waals surface area (Å²) in [5.74, 6) is -0.962. The Morgan fingerprint density at radius 3 is 2.27 bits per heavy atom. The van der Waals surface area contributed by atoms with Crippen molar-refractivity contribution in [2.75, 3.05) is 23.7 Å². The number of hydrogen-bond acceptors (Lipinski definition) is 6. The van der Waals surface area contributed by atoms with E-state index < -0.39 is 34.3 Å². The van der Waals surface area contributed by atoms with Crippen molar-refractivity contribution in [2.24, 2.45) is 0 Å². The predicted octanol–water partition coefficient (Wildman–Crippen LogP) is 6.01. The highest BCUT2D eigenvalue weighted by Crippen LogP contribution is 2.28. The summed E-state index contributed by atoms with van der Waals surface area (Å²) in [5.41, 5.74) is 0.474. The molecule has 4 rings (SSSR count). The number of benzene rings is 3. The van der Waals surface area contributed by atoms with Crippen molar-refractivity contribution in [3.8, 4) is 5.75 Å². The zero-order chi connectivity index (χ0) is 31.7. The van der Waals surface area contributed by atoms with Gasteiger partial charge in [-0.25, -0.2) is 12.8 Å². The van der Waals surface area contributed by atoms with Gasteiger partial charge in [-0.1, -0.05) is 37.5 Å². The van der Waals surface area contributed by atoms with Gasteiger partial charge in [0.2, 0.25) is 11.8 Å². The quantitative estimate of drug-likeness (QED) is 0.230. The monoisotopic (exact) mass is 641 g/mol. The summed E-state index contributed by atoms with van der Waals surface area (Å²) in [6.45, 7) is 3.07. The summed E-state index contributed by atoms with van der Waals surface area (Å²) >= 11 is 1.48. The van der Waals surface area contributed by atoms with Gasteiger partial charge in [-0.3, -0.25) is 13.9 Å². The Hall–Kier alpha value is -3.57. The average molecular weight is 642 g/mol. The van der Waals surface area contributed by atoms with Crippen LogP contribution >= 0.6 is 11.8 Å². The molecule has 3 aromatic rings. The summed E-state index contributed by atoms with van der Waals surface area (Å²) in [7, 11) is -4.22. The van der Waals surface area contributed by atoms with Gasteiger partial charge in [0, 0.05) is 23.0 Å². The van der Waals surface area contributed by atoms with E-state index in [0.717, 1.165) is 41.3 Å². The molecule has 236 valence electrons. The molecule has 0 aliphatic heterocycles. The lowest BCUT2D eigenvalue weighted by Crippen LogP contribution is -2.53. The SMILES string of the molecule is CCOc1ccc(N(CC(=O)N(Cc2ccccc2F)[C@H](C)C(=O)NC2CCCCC2)S(=O)(=O)c2ccc(SC)cc2)cc1. The fourth-order valence-electron chi connectivity index (χ4n) is 5.24. The maximum Gasteiger partial charge on any atom is 0.264 e. The minimum atomic E-state index is -4.22. The first-order valence-corrected chi connectivity index (χ1v) is 17.5. The van der Waals surface area contributed by atoms with Crippen LogP contribution in [0.1, 0.15) is 51.5 Å².